The molecule has 2 aromatic heterocycles. The van der Waals surface area contributed by atoms with E-state index in [-0.39, 0.29) is 13.1 Å². The summed E-state index contributed by atoms with van der Waals surface area (Å²) in [4.78, 5) is 1.15. The molecule has 1 aromatic carbocycles. The Morgan fingerprint density at radius 2 is 1.66 bits per heavy atom. The van der Waals surface area contributed by atoms with E-state index in [0.29, 0.717) is 30.4 Å². The summed E-state index contributed by atoms with van der Waals surface area (Å²) in [6, 6.07) is 7.75. The lowest BCUT2D eigenvalue weighted by molar-refractivity contribution is -0.139. The Morgan fingerprint density at radius 1 is 0.966 bits per heavy atom. The highest BCUT2D eigenvalue weighted by Gasteiger charge is 2.39. The molecule has 12 heteroatoms. The Morgan fingerprint density at radius 3 is 2.34 bits per heavy atom. The molecule has 0 unspecified atom stereocenters. The standard InChI is InChI=1S/C17H17F3N6O2S/c1-12-21-22-15-6-7-16(23-26(12)15)24-8-10-25(11-9-24)29(27,28)14-5-3-2-4-13(14)17(18,19)20/h2-7H,8-11H2,1H3. The quantitative estimate of drug-likeness (QED) is 0.637. The number of hydrogen-bond donors (Lipinski definition) is 0. The minimum Gasteiger partial charge on any atom is -0.353 e. The summed E-state index contributed by atoms with van der Waals surface area (Å²) in [6.07, 6.45) is -4.75. The fraction of sp³-hybridized carbons (Fsp3) is 0.353. The number of sulfonamides is 1. The van der Waals surface area contributed by atoms with Gasteiger partial charge in [0.25, 0.3) is 0 Å². The monoisotopic (exact) mass is 426 g/mol. The molecule has 154 valence electrons. The molecular weight excluding hydrogens is 409 g/mol. The maximum Gasteiger partial charge on any atom is 0.417 e. The molecule has 0 spiro atoms. The van der Waals surface area contributed by atoms with Crippen molar-refractivity contribution in [3.8, 4) is 0 Å². The molecule has 0 amide bonds. The van der Waals surface area contributed by atoms with E-state index in [1.165, 1.54) is 12.1 Å². The fourth-order valence-corrected chi connectivity index (χ4v) is 4.91. The number of aryl methyl sites for hydroxylation is 1. The number of benzene rings is 1. The van der Waals surface area contributed by atoms with Crippen LogP contribution in [0.15, 0.2) is 41.3 Å². The fourth-order valence-electron chi connectivity index (χ4n) is 3.28. The van der Waals surface area contributed by atoms with Gasteiger partial charge in [-0.25, -0.2) is 8.42 Å². The van der Waals surface area contributed by atoms with Crippen molar-refractivity contribution in [3.05, 3.63) is 47.8 Å². The van der Waals surface area contributed by atoms with Crippen molar-refractivity contribution in [1.82, 2.24) is 24.1 Å². The second kappa shape index (κ2) is 6.95. The number of hydrogen-bond acceptors (Lipinski definition) is 6. The van der Waals surface area contributed by atoms with Crippen molar-refractivity contribution in [2.45, 2.75) is 18.0 Å². The van der Waals surface area contributed by atoms with E-state index < -0.39 is 26.7 Å². The minimum atomic E-state index is -4.75. The Balaban J connectivity index is 1.55. The molecule has 0 N–H and O–H groups in total. The highest BCUT2D eigenvalue weighted by atomic mass is 32.2. The number of piperazine rings is 1. The van der Waals surface area contributed by atoms with Gasteiger partial charge < -0.3 is 4.90 Å². The van der Waals surface area contributed by atoms with Crippen molar-refractivity contribution >= 4 is 21.5 Å². The number of rotatable bonds is 3. The van der Waals surface area contributed by atoms with E-state index in [4.69, 9.17) is 0 Å². The zero-order chi connectivity index (χ0) is 20.8. The topological polar surface area (TPSA) is 83.7 Å². The molecule has 0 radical (unpaired) electrons. The van der Waals surface area contributed by atoms with Gasteiger partial charge in [0.15, 0.2) is 11.5 Å². The third-order valence-corrected chi connectivity index (χ3v) is 6.73. The normalized spacial score (nSPS) is 16.5. The second-order valence-electron chi connectivity index (χ2n) is 6.59. The van der Waals surface area contributed by atoms with Crippen molar-refractivity contribution < 1.29 is 21.6 Å². The van der Waals surface area contributed by atoms with Crippen LogP contribution in [0.4, 0.5) is 19.0 Å². The first-order valence-corrected chi connectivity index (χ1v) is 10.2. The van der Waals surface area contributed by atoms with Crippen molar-refractivity contribution in [3.63, 3.8) is 0 Å². The first-order valence-electron chi connectivity index (χ1n) is 8.78. The van der Waals surface area contributed by atoms with Crippen molar-refractivity contribution in [1.29, 1.82) is 0 Å². The van der Waals surface area contributed by atoms with Crippen LogP contribution in [0, 0.1) is 6.92 Å². The van der Waals surface area contributed by atoms with E-state index >= 15 is 0 Å². The van der Waals surface area contributed by atoms with Crippen LogP contribution in [0.3, 0.4) is 0 Å². The molecule has 3 heterocycles. The van der Waals surface area contributed by atoms with Gasteiger partial charge in [0.1, 0.15) is 5.82 Å². The van der Waals surface area contributed by atoms with E-state index in [1.807, 2.05) is 4.90 Å². The molecule has 1 saturated heterocycles. The van der Waals surface area contributed by atoms with Gasteiger partial charge in [0.05, 0.1) is 10.5 Å². The van der Waals surface area contributed by atoms with Crippen LogP contribution < -0.4 is 4.90 Å². The maximum absolute atomic E-state index is 13.3. The number of halogens is 3. The molecule has 0 atom stereocenters. The molecule has 8 nitrogen and oxygen atoms in total. The van der Waals surface area contributed by atoms with Gasteiger partial charge in [0, 0.05) is 26.2 Å². The third kappa shape index (κ3) is 3.53. The second-order valence-corrected chi connectivity index (χ2v) is 8.50. The molecule has 0 aliphatic carbocycles. The molecule has 3 aromatic rings. The zero-order valence-electron chi connectivity index (χ0n) is 15.3. The van der Waals surface area contributed by atoms with Crippen LogP contribution in [0.1, 0.15) is 11.4 Å². The molecular formula is C17H17F3N6O2S. The molecule has 4 rings (SSSR count). The first kappa shape index (κ1) is 19.6. The van der Waals surface area contributed by atoms with Crippen molar-refractivity contribution in [2.24, 2.45) is 0 Å². The Hall–Kier alpha value is -2.73. The van der Waals surface area contributed by atoms with Gasteiger partial charge in [-0.3, -0.25) is 0 Å². The highest BCUT2D eigenvalue weighted by Crippen LogP contribution is 2.35. The maximum atomic E-state index is 13.3. The lowest BCUT2D eigenvalue weighted by Crippen LogP contribution is -2.49. The first-order chi connectivity index (χ1) is 13.7. The highest BCUT2D eigenvalue weighted by molar-refractivity contribution is 7.89. The number of alkyl halides is 3. The summed E-state index contributed by atoms with van der Waals surface area (Å²) >= 11 is 0. The van der Waals surface area contributed by atoms with Crippen molar-refractivity contribution in [2.75, 3.05) is 31.1 Å². The Kier molecular flexibility index (Phi) is 4.69. The smallest absolute Gasteiger partial charge is 0.353 e. The Bertz CT molecular complexity index is 1150. The predicted molar refractivity (Wildman–Crippen MR) is 97.9 cm³/mol. The van der Waals surface area contributed by atoms with E-state index in [9.17, 15) is 21.6 Å². The summed E-state index contributed by atoms with van der Waals surface area (Å²) in [7, 11) is -4.27. The number of aromatic nitrogens is 4. The lowest BCUT2D eigenvalue weighted by Gasteiger charge is -2.34. The summed E-state index contributed by atoms with van der Waals surface area (Å²) in [5, 5.41) is 12.4. The van der Waals surface area contributed by atoms with Crippen LogP contribution in [-0.2, 0) is 16.2 Å². The van der Waals surface area contributed by atoms with E-state index in [2.05, 4.69) is 15.3 Å². The van der Waals surface area contributed by atoms with E-state index in [1.54, 1.807) is 23.6 Å². The Labute approximate surface area is 164 Å². The van der Waals surface area contributed by atoms with Gasteiger partial charge in [-0.05, 0) is 31.2 Å². The third-order valence-electron chi connectivity index (χ3n) is 4.78. The molecule has 1 aliphatic rings. The summed E-state index contributed by atoms with van der Waals surface area (Å²) < 4.78 is 68.1. The molecule has 0 saturated carbocycles. The average molecular weight is 426 g/mol. The van der Waals surface area contributed by atoms with Crippen LogP contribution in [0.5, 0.6) is 0 Å². The van der Waals surface area contributed by atoms with Crippen LogP contribution in [0.2, 0.25) is 0 Å². The van der Waals surface area contributed by atoms with Crippen LogP contribution >= 0.6 is 0 Å². The number of nitrogens with zero attached hydrogens (tertiary/aromatic N) is 6. The van der Waals surface area contributed by atoms with Gasteiger partial charge >= 0.3 is 6.18 Å². The average Bonchev–Trinajstić information content (AvgIpc) is 3.08. The summed E-state index contributed by atoms with van der Waals surface area (Å²) in [5.74, 6) is 1.24. The van der Waals surface area contributed by atoms with E-state index in [0.717, 1.165) is 16.4 Å². The summed E-state index contributed by atoms with van der Waals surface area (Å²) in [5.41, 5.74) is -0.561. The van der Waals surface area contributed by atoms with Gasteiger partial charge in [0.2, 0.25) is 10.0 Å². The molecule has 1 aliphatic heterocycles. The largest absolute Gasteiger partial charge is 0.417 e. The predicted octanol–water partition coefficient (Wildman–Crippen LogP) is 1.96. The minimum absolute atomic E-state index is 0.0510. The van der Waals surface area contributed by atoms with Gasteiger partial charge in [-0.1, -0.05) is 12.1 Å². The molecule has 29 heavy (non-hydrogen) atoms. The van der Waals surface area contributed by atoms with Gasteiger partial charge in [-0.15, -0.1) is 15.3 Å². The summed E-state index contributed by atoms with van der Waals surface area (Å²) in [6.45, 7) is 2.46. The molecule has 1 fully saturated rings. The zero-order valence-corrected chi connectivity index (χ0v) is 16.2. The SMILES string of the molecule is Cc1nnc2ccc(N3CCN(S(=O)(=O)c4ccccc4C(F)(F)F)CC3)nn12. The molecule has 0 bridgehead atoms. The van der Waals surface area contributed by atoms with Crippen LogP contribution in [-0.4, -0.2) is 58.7 Å². The van der Waals surface area contributed by atoms with Gasteiger partial charge in [-0.2, -0.15) is 22.0 Å². The number of anilines is 1. The number of fused-ring (bicyclic) bond motifs is 1. The van der Waals surface area contributed by atoms with Crippen LogP contribution in [0.25, 0.3) is 5.65 Å². The lowest BCUT2D eigenvalue weighted by atomic mass is 10.2.